The zero-order valence-corrected chi connectivity index (χ0v) is 20.7. The van der Waals surface area contributed by atoms with Crippen LogP contribution in [0.25, 0.3) is 6.08 Å². The van der Waals surface area contributed by atoms with Gasteiger partial charge in [-0.1, -0.05) is 46.3 Å². The molecule has 1 heterocycles. The molecule has 0 aliphatic carbocycles. The van der Waals surface area contributed by atoms with Crippen molar-refractivity contribution in [3.8, 4) is 11.5 Å². The number of hydrogen-bond acceptors (Lipinski definition) is 5. The Morgan fingerprint density at radius 1 is 1.06 bits per heavy atom. The molecule has 10 heteroatoms. The molecule has 184 valence electrons. The molecular formula is C26H21BrFN3O5. The summed E-state index contributed by atoms with van der Waals surface area (Å²) in [5.74, 6) is -1.60. The van der Waals surface area contributed by atoms with E-state index < -0.39 is 30.1 Å². The van der Waals surface area contributed by atoms with Crippen LogP contribution in [-0.4, -0.2) is 30.9 Å². The van der Waals surface area contributed by atoms with Crippen LogP contribution < -0.4 is 25.2 Å². The second kappa shape index (κ2) is 11.0. The lowest BCUT2D eigenvalue weighted by Crippen LogP contribution is -2.35. The Balaban J connectivity index is 1.53. The summed E-state index contributed by atoms with van der Waals surface area (Å²) in [6.07, 6.45) is 1.45. The summed E-state index contributed by atoms with van der Waals surface area (Å²) in [5.41, 5.74) is 3.57. The summed E-state index contributed by atoms with van der Waals surface area (Å²) in [7, 11) is 0. The van der Waals surface area contributed by atoms with Gasteiger partial charge in [-0.3, -0.25) is 19.8 Å². The number of para-hydroxylation sites is 2. The molecule has 3 aromatic carbocycles. The molecule has 0 bridgehead atoms. The van der Waals surface area contributed by atoms with Gasteiger partial charge in [-0.2, -0.15) is 0 Å². The fourth-order valence-corrected chi connectivity index (χ4v) is 3.84. The van der Waals surface area contributed by atoms with Crippen LogP contribution in [0.4, 0.5) is 15.8 Å². The molecule has 1 aliphatic rings. The van der Waals surface area contributed by atoms with E-state index >= 15 is 0 Å². The monoisotopic (exact) mass is 553 g/mol. The van der Waals surface area contributed by atoms with Crippen molar-refractivity contribution in [2.24, 2.45) is 0 Å². The van der Waals surface area contributed by atoms with Gasteiger partial charge in [0.25, 0.3) is 17.7 Å². The number of rotatable bonds is 8. The predicted molar refractivity (Wildman–Crippen MR) is 136 cm³/mol. The molecule has 4 rings (SSSR count). The van der Waals surface area contributed by atoms with Crippen molar-refractivity contribution < 1.29 is 28.2 Å². The molecule has 0 saturated carbocycles. The van der Waals surface area contributed by atoms with Gasteiger partial charge in [0, 0.05) is 4.47 Å². The lowest BCUT2D eigenvalue weighted by Gasteiger charge is -2.14. The maximum Gasteiger partial charge on any atom is 0.282 e. The molecule has 3 amide bonds. The number of anilines is 2. The van der Waals surface area contributed by atoms with Crippen molar-refractivity contribution >= 4 is 51.1 Å². The van der Waals surface area contributed by atoms with E-state index in [1.807, 2.05) is 6.07 Å². The Morgan fingerprint density at radius 3 is 2.47 bits per heavy atom. The van der Waals surface area contributed by atoms with Crippen LogP contribution in [0.2, 0.25) is 0 Å². The summed E-state index contributed by atoms with van der Waals surface area (Å²) < 4.78 is 25.5. The van der Waals surface area contributed by atoms with Gasteiger partial charge in [0.1, 0.15) is 11.4 Å². The maximum atomic E-state index is 13.8. The van der Waals surface area contributed by atoms with Gasteiger partial charge >= 0.3 is 0 Å². The molecular weight excluding hydrogens is 533 g/mol. The lowest BCUT2D eigenvalue weighted by molar-refractivity contribution is -0.118. The van der Waals surface area contributed by atoms with Crippen molar-refractivity contribution in [2.75, 3.05) is 23.5 Å². The highest BCUT2D eigenvalue weighted by Gasteiger charge is 2.34. The smallest absolute Gasteiger partial charge is 0.282 e. The molecule has 3 aromatic rings. The molecule has 0 aromatic heterocycles. The number of halogens is 2. The van der Waals surface area contributed by atoms with E-state index in [-0.39, 0.29) is 17.0 Å². The van der Waals surface area contributed by atoms with Crippen LogP contribution in [0.3, 0.4) is 0 Å². The Morgan fingerprint density at radius 2 is 1.75 bits per heavy atom. The maximum absolute atomic E-state index is 13.8. The molecule has 0 unspecified atom stereocenters. The molecule has 2 N–H and O–H groups in total. The molecule has 8 nitrogen and oxygen atoms in total. The number of benzene rings is 3. The van der Waals surface area contributed by atoms with E-state index in [2.05, 4.69) is 26.7 Å². The van der Waals surface area contributed by atoms with E-state index in [0.717, 1.165) is 0 Å². The minimum absolute atomic E-state index is 0.0448. The summed E-state index contributed by atoms with van der Waals surface area (Å²) in [6.45, 7) is 1.69. The highest BCUT2D eigenvalue weighted by molar-refractivity contribution is 9.10. The van der Waals surface area contributed by atoms with E-state index in [0.29, 0.717) is 28.1 Å². The van der Waals surface area contributed by atoms with E-state index in [1.165, 1.54) is 29.3 Å². The van der Waals surface area contributed by atoms with Crippen LogP contribution in [-0.2, 0) is 14.4 Å². The molecule has 1 saturated heterocycles. The Kier molecular flexibility index (Phi) is 7.65. The van der Waals surface area contributed by atoms with Gasteiger partial charge in [-0.05, 0) is 55.0 Å². The quantitative estimate of drug-likeness (QED) is 0.317. The highest BCUT2D eigenvalue weighted by atomic mass is 79.9. The van der Waals surface area contributed by atoms with Gasteiger partial charge in [0.05, 0.1) is 18.0 Å². The predicted octanol–water partition coefficient (Wildman–Crippen LogP) is 4.47. The number of carbonyl (C=O) groups excluding carboxylic acids is 3. The second-order valence-electron chi connectivity index (χ2n) is 7.55. The third kappa shape index (κ3) is 5.55. The van der Waals surface area contributed by atoms with Crippen molar-refractivity contribution in [3.63, 3.8) is 0 Å². The largest absolute Gasteiger partial charge is 0.490 e. The van der Waals surface area contributed by atoms with E-state index in [4.69, 9.17) is 9.47 Å². The number of nitrogens with zero attached hydrogens (tertiary/aromatic N) is 1. The number of hydrazine groups is 1. The number of nitrogens with one attached hydrogen (secondary N) is 2. The number of ether oxygens (including phenoxy) is 2. The number of hydrogen-bond donors (Lipinski definition) is 2. The fourth-order valence-electron chi connectivity index (χ4n) is 3.41. The van der Waals surface area contributed by atoms with Crippen LogP contribution in [0.1, 0.15) is 12.5 Å². The van der Waals surface area contributed by atoms with Gasteiger partial charge in [-0.15, -0.1) is 0 Å². The third-order valence-corrected chi connectivity index (χ3v) is 5.76. The zero-order valence-electron chi connectivity index (χ0n) is 19.1. The van der Waals surface area contributed by atoms with Crippen molar-refractivity contribution in [2.45, 2.75) is 6.92 Å². The summed E-state index contributed by atoms with van der Waals surface area (Å²) >= 11 is 3.42. The van der Waals surface area contributed by atoms with Crippen LogP contribution in [0, 0.1) is 5.82 Å². The van der Waals surface area contributed by atoms with Crippen molar-refractivity contribution in [1.29, 1.82) is 0 Å². The van der Waals surface area contributed by atoms with E-state index in [1.54, 1.807) is 49.4 Å². The molecule has 0 atom stereocenters. The minimum Gasteiger partial charge on any atom is -0.490 e. The molecule has 0 spiro atoms. The standard InChI is InChI=1S/C26H21BrFN3O5/c1-2-35-22-13-16(12-18-25(33)30-31(26(18)34)17-8-4-3-5-9-17)19(27)14-23(22)36-15-24(32)29-21-11-7-6-10-20(21)28/h3-14H,2,15H2,1H3,(H,29,32)(H,30,33)/b18-12-. The first-order chi connectivity index (χ1) is 17.4. The van der Waals surface area contributed by atoms with Crippen LogP contribution >= 0.6 is 15.9 Å². The average Bonchev–Trinajstić information content (AvgIpc) is 3.15. The first-order valence-electron chi connectivity index (χ1n) is 10.9. The molecule has 36 heavy (non-hydrogen) atoms. The highest BCUT2D eigenvalue weighted by Crippen LogP contribution is 2.35. The second-order valence-corrected chi connectivity index (χ2v) is 8.40. The Bertz CT molecular complexity index is 1350. The van der Waals surface area contributed by atoms with Gasteiger partial charge in [0.2, 0.25) is 0 Å². The SMILES string of the molecule is CCOc1cc(/C=C2/C(=O)NN(c3ccccc3)C2=O)c(Br)cc1OCC(=O)Nc1ccccc1F. The summed E-state index contributed by atoms with van der Waals surface area (Å²) in [4.78, 5) is 37.7. The Hall–Kier alpha value is -4.18. The Labute approximate surface area is 214 Å². The molecule has 1 fully saturated rings. The van der Waals surface area contributed by atoms with Gasteiger partial charge in [-0.25, -0.2) is 9.40 Å². The lowest BCUT2D eigenvalue weighted by atomic mass is 10.1. The van der Waals surface area contributed by atoms with Gasteiger partial charge in [0.15, 0.2) is 18.1 Å². The first kappa shape index (κ1) is 24.9. The first-order valence-corrected chi connectivity index (χ1v) is 11.7. The average molecular weight is 554 g/mol. The molecule has 1 aliphatic heterocycles. The van der Waals surface area contributed by atoms with Crippen LogP contribution in [0.15, 0.2) is 76.8 Å². The van der Waals surface area contributed by atoms with Crippen molar-refractivity contribution in [1.82, 2.24) is 5.43 Å². The molecule has 0 radical (unpaired) electrons. The summed E-state index contributed by atoms with van der Waals surface area (Å²) in [6, 6.07) is 17.7. The third-order valence-electron chi connectivity index (χ3n) is 5.08. The van der Waals surface area contributed by atoms with Crippen molar-refractivity contribution in [3.05, 3.63) is 88.2 Å². The zero-order chi connectivity index (χ0) is 25.7. The van der Waals surface area contributed by atoms with Gasteiger partial charge < -0.3 is 14.8 Å². The number of carbonyl (C=O) groups is 3. The summed E-state index contributed by atoms with van der Waals surface area (Å²) in [5, 5.41) is 3.62. The van der Waals surface area contributed by atoms with E-state index in [9.17, 15) is 18.8 Å². The normalized spacial score (nSPS) is 14.1. The van der Waals surface area contributed by atoms with Crippen LogP contribution in [0.5, 0.6) is 11.5 Å². The fraction of sp³-hybridized carbons (Fsp3) is 0.115. The number of amides is 3. The minimum atomic E-state index is -0.558. The topological polar surface area (TPSA) is 97.0 Å².